The SMILES string of the molecule is CC(C)(C)C(=O)c1c[nH]c2ccc(C(F)(F)F)cc12. The van der Waals surface area contributed by atoms with Crippen molar-refractivity contribution in [2.45, 2.75) is 26.9 Å². The van der Waals surface area contributed by atoms with Gasteiger partial charge in [0.2, 0.25) is 0 Å². The number of aromatic nitrogens is 1. The van der Waals surface area contributed by atoms with Crippen molar-refractivity contribution in [1.29, 1.82) is 0 Å². The van der Waals surface area contributed by atoms with Crippen LogP contribution >= 0.6 is 0 Å². The highest BCUT2D eigenvalue weighted by atomic mass is 19.4. The summed E-state index contributed by atoms with van der Waals surface area (Å²) in [6, 6.07) is 3.37. The van der Waals surface area contributed by atoms with Crippen LogP contribution in [0, 0.1) is 5.41 Å². The third kappa shape index (κ3) is 2.50. The molecule has 0 fully saturated rings. The summed E-state index contributed by atoms with van der Waals surface area (Å²) < 4.78 is 38.1. The standard InChI is InChI=1S/C14H14F3NO/c1-13(2,3)12(19)10-7-18-11-5-4-8(6-9(10)11)14(15,16)17/h4-7,18H,1-3H3. The molecule has 0 bridgehead atoms. The molecule has 0 unspecified atom stereocenters. The number of carbonyl (C=O) groups is 1. The van der Waals surface area contributed by atoms with Gasteiger partial charge >= 0.3 is 6.18 Å². The van der Waals surface area contributed by atoms with E-state index in [9.17, 15) is 18.0 Å². The maximum atomic E-state index is 12.7. The zero-order valence-electron chi connectivity index (χ0n) is 10.9. The average molecular weight is 269 g/mol. The van der Waals surface area contributed by atoms with Crippen molar-refractivity contribution in [3.63, 3.8) is 0 Å². The van der Waals surface area contributed by atoms with Crippen LogP contribution in [0.2, 0.25) is 0 Å². The number of halogens is 3. The molecule has 0 spiro atoms. The Hall–Kier alpha value is -1.78. The fourth-order valence-corrected chi connectivity index (χ4v) is 1.89. The number of hydrogen-bond acceptors (Lipinski definition) is 1. The smallest absolute Gasteiger partial charge is 0.360 e. The molecule has 19 heavy (non-hydrogen) atoms. The van der Waals surface area contributed by atoms with E-state index >= 15 is 0 Å². The Morgan fingerprint density at radius 1 is 1.16 bits per heavy atom. The van der Waals surface area contributed by atoms with Gasteiger partial charge in [-0.2, -0.15) is 13.2 Å². The normalized spacial score (nSPS) is 12.9. The van der Waals surface area contributed by atoms with Crippen molar-refractivity contribution in [1.82, 2.24) is 4.98 Å². The molecular weight excluding hydrogens is 255 g/mol. The van der Waals surface area contributed by atoms with Gasteiger partial charge in [0.1, 0.15) is 0 Å². The summed E-state index contributed by atoms with van der Waals surface area (Å²) in [4.78, 5) is 15.0. The minimum absolute atomic E-state index is 0.182. The minimum Gasteiger partial charge on any atom is -0.360 e. The Balaban J connectivity index is 2.62. The van der Waals surface area contributed by atoms with Crippen LogP contribution in [0.3, 0.4) is 0 Å². The number of Topliss-reactive ketones (excluding diaryl/α,β-unsaturated/α-hetero) is 1. The molecule has 0 saturated carbocycles. The van der Waals surface area contributed by atoms with Crippen LogP contribution in [-0.2, 0) is 6.18 Å². The Labute approximate surface area is 108 Å². The molecule has 0 amide bonds. The van der Waals surface area contributed by atoms with Gasteiger partial charge in [0.25, 0.3) is 0 Å². The Morgan fingerprint density at radius 2 is 1.79 bits per heavy atom. The molecule has 0 aliphatic rings. The first-order valence-electron chi connectivity index (χ1n) is 5.84. The van der Waals surface area contributed by atoms with E-state index in [4.69, 9.17) is 0 Å². The van der Waals surface area contributed by atoms with E-state index in [1.807, 2.05) is 0 Å². The molecule has 1 heterocycles. The van der Waals surface area contributed by atoms with Crippen molar-refractivity contribution in [3.8, 4) is 0 Å². The number of alkyl halides is 3. The summed E-state index contributed by atoms with van der Waals surface area (Å²) in [7, 11) is 0. The zero-order valence-corrected chi connectivity index (χ0v) is 10.9. The number of rotatable bonds is 1. The van der Waals surface area contributed by atoms with E-state index in [0.29, 0.717) is 16.5 Å². The number of fused-ring (bicyclic) bond motifs is 1. The lowest BCUT2D eigenvalue weighted by Crippen LogP contribution is -2.19. The highest BCUT2D eigenvalue weighted by Gasteiger charge is 2.32. The molecule has 1 N–H and O–H groups in total. The first-order valence-corrected chi connectivity index (χ1v) is 5.84. The van der Waals surface area contributed by atoms with Gasteiger partial charge in [-0.3, -0.25) is 4.79 Å². The summed E-state index contributed by atoms with van der Waals surface area (Å²) in [5, 5.41) is 0.315. The predicted molar refractivity (Wildman–Crippen MR) is 67.1 cm³/mol. The van der Waals surface area contributed by atoms with E-state index in [1.165, 1.54) is 12.3 Å². The van der Waals surface area contributed by atoms with Crippen molar-refractivity contribution in [3.05, 3.63) is 35.5 Å². The van der Waals surface area contributed by atoms with Gasteiger partial charge < -0.3 is 4.98 Å². The van der Waals surface area contributed by atoms with Gasteiger partial charge in [0.15, 0.2) is 5.78 Å². The van der Waals surface area contributed by atoms with E-state index in [1.54, 1.807) is 20.8 Å². The summed E-state index contributed by atoms with van der Waals surface area (Å²) in [6.45, 7) is 5.21. The second-order valence-electron chi connectivity index (χ2n) is 5.54. The van der Waals surface area contributed by atoms with Gasteiger partial charge in [-0.25, -0.2) is 0 Å². The van der Waals surface area contributed by atoms with Crippen LogP contribution in [0.25, 0.3) is 10.9 Å². The van der Waals surface area contributed by atoms with Crippen molar-refractivity contribution in [2.75, 3.05) is 0 Å². The first-order chi connectivity index (χ1) is 8.60. The van der Waals surface area contributed by atoms with Crippen LogP contribution in [0.5, 0.6) is 0 Å². The van der Waals surface area contributed by atoms with Crippen molar-refractivity contribution in [2.24, 2.45) is 5.41 Å². The average Bonchev–Trinajstić information content (AvgIpc) is 2.67. The Bertz CT molecular complexity index is 632. The molecule has 0 aliphatic heterocycles. The van der Waals surface area contributed by atoms with Gasteiger partial charge in [-0.05, 0) is 18.2 Å². The molecule has 0 atom stereocenters. The molecule has 0 radical (unpaired) electrons. The van der Waals surface area contributed by atoms with Crippen LogP contribution in [0.1, 0.15) is 36.7 Å². The maximum absolute atomic E-state index is 12.7. The predicted octanol–water partition coefficient (Wildman–Crippen LogP) is 4.42. The van der Waals surface area contributed by atoms with Gasteiger partial charge in [0, 0.05) is 28.1 Å². The zero-order chi connectivity index (χ0) is 14.4. The lowest BCUT2D eigenvalue weighted by Gasteiger charge is -2.16. The molecule has 2 aromatic rings. The number of H-pyrrole nitrogens is 1. The molecule has 2 nitrogen and oxygen atoms in total. The summed E-state index contributed by atoms with van der Waals surface area (Å²) >= 11 is 0. The largest absolute Gasteiger partial charge is 0.416 e. The van der Waals surface area contributed by atoms with Crippen LogP contribution in [-0.4, -0.2) is 10.8 Å². The summed E-state index contributed by atoms with van der Waals surface area (Å²) in [5.74, 6) is -0.182. The van der Waals surface area contributed by atoms with Crippen LogP contribution < -0.4 is 0 Å². The fraction of sp³-hybridized carbons (Fsp3) is 0.357. The number of carbonyl (C=O) groups excluding carboxylic acids is 1. The highest BCUT2D eigenvalue weighted by Crippen LogP contribution is 2.33. The molecule has 0 aliphatic carbocycles. The third-order valence-corrected chi connectivity index (χ3v) is 2.93. The van der Waals surface area contributed by atoms with Crippen LogP contribution in [0.4, 0.5) is 13.2 Å². The number of ketones is 1. The lowest BCUT2D eigenvalue weighted by atomic mass is 9.86. The monoisotopic (exact) mass is 269 g/mol. The maximum Gasteiger partial charge on any atom is 0.416 e. The molecule has 1 aromatic carbocycles. The quantitative estimate of drug-likeness (QED) is 0.764. The van der Waals surface area contributed by atoms with Crippen LogP contribution in [0.15, 0.2) is 24.4 Å². The Morgan fingerprint density at radius 3 is 2.32 bits per heavy atom. The Kier molecular flexibility index (Phi) is 2.96. The molecule has 0 saturated heterocycles. The molecular formula is C14H14F3NO. The number of benzene rings is 1. The molecule has 2 rings (SSSR count). The van der Waals surface area contributed by atoms with Gasteiger partial charge in [-0.15, -0.1) is 0 Å². The molecule has 5 heteroatoms. The number of nitrogens with one attached hydrogen (secondary N) is 1. The summed E-state index contributed by atoms with van der Waals surface area (Å²) in [5.41, 5.74) is -0.555. The first kappa shape index (κ1) is 13.6. The number of hydrogen-bond donors (Lipinski definition) is 1. The summed E-state index contributed by atoms with van der Waals surface area (Å²) in [6.07, 6.45) is -2.94. The highest BCUT2D eigenvalue weighted by molar-refractivity contribution is 6.10. The molecule has 102 valence electrons. The topological polar surface area (TPSA) is 32.9 Å². The van der Waals surface area contributed by atoms with E-state index in [0.717, 1.165) is 12.1 Å². The minimum atomic E-state index is -4.41. The van der Waals surface area contributed by atoms with E-state index < -0.39 is 17.2 Å². The lowest BCUT2D eigenvalue weighted by molar-refractivity contribution is -0.137. The van der Waals surface area contributed by atoms with Gasteiger partial charge in [-0.1, -0.05) is 20.8 Å². The van der Waals surface area contributed by atoms with E-state index in [2.05, 4.69) is 4.98 Å². The number of aromatic amines is 1. The third-order valence-electron chi connectivity index (χ3n) is 2.93. The van der Waals surface area contributed by atoms with E-state index in [-0.39, 0.29) is 5.78 Å². The molecule has 1 aromatic heterocycles. The second-order valence-corrected chi connectivity index (χ2v) is 5.54. The fourth-order valence-electron chi connectivity index (χ4n) is 1.89. The van der Waals surface area contributed by atoms with Crippen molar-refractivity contribution < 1.29 is 18.0 Å². The second kappa shape index (κ2) is 4.11. The van der Waals surface area contributed by atoms with Gasteiger partial charge in [0.05, 0.1) is 5.56 Å². The van der Waals surface area contributed by atoms with Crippen molar-refractivity contribution >= 4 is 16.7 Å².